The molecule has 0 aliphatic heterocycles. The fourth-order valence-corrected chi connectivity index (χ4v) is 2.48. The number of nitrogens with one attached hydrogen (secondary N) is 1. The molecule has 3 amide bonds. The van der Waals surface area contributed by atoms with Crippen molar-refractivity contribution in [2.45, 2.75) is 12.5 Å². The average Bonchev–Trinajstić information content (AvgIpc) is 2.55. The molecular formula is C17H17N3O4. The van der Waals surface area contributed by atoms with Gasteiger partial charge >= 0.3 is 6.03 Å². The lowest BCUT2D eigenvalue weighted by Gasteiger charge is -2.24. The fraction of sp³-hybridized carbons (Fsp3) is 0.176. The van der Waals surface area contributed by atoms with Crippen LogP contribution in [-0.4, -0.2) is 25.0 Å². The molecule has 124 valence electrons. The van der Waals surface area contributed by atoms with Gasteiger partial charge in [-0.2, -0.15) is 0 Å². The normalized spacial score (nSPS) is 12.0. The van der Waals surface area contributed by atoms with Crippen molar-refractivity contribution in [2.24, 2.45) is 5.73 Å². The first-order chi connectivity index (χ1) is 11.5. The van der Waals surface area contributed by atoms with Gasteiger partial charge < -0.3 is 16.0 Å². The molecule has 1 atom stereocenters. The minimum atomic E-state index is -0.766. The van der Waals surface area contributed by atoms with Gasteiger partial charge in [-0.25, -0.2) is 4.79 Å². The van der Waals surface area contributed by atoms with E-state index in [-0.39, 0.29) is 5.91 Å². The van der Waals surface area contributed by atoms with Gasteiger partial charge in [0.1, 0.15) is 6.04 Å². The molecule has 3 N–H and O–H groups in total. The summed E-state index contributed by atoms with van der Waals surface area (Å²) >= 11 is 0. The topological polar surface area (TPSA) is 102 Å². The third kappa shape index (κ3) is 3.24. The summed E-state index contributed by atoms with van der Waals surface area (Å²) in [5, 5.41) is 2.51. The molecule has 0 fully saturated rings. The molecule has 3 rings (SSSR count). The number of primary amides is 1. The molecule has 0 aliphatic carbocycles. The molecule has 2 aromatic carbocycles. The predicted octanol–water partition coefficient (Wildman–Crippen LogP) is 2.27. The van der Waals surface area contributed by atoms with Crippen LogP contribution in [0.1, 0.15) is 5.56 Å². The lowest BCUT2D eigenvalue weighted by Crippen LogP contribution is -2.50. The van der Waals surface area contributed by atoms with E-state index in [1.54, 1.807) is 25.2 Å². The Morgan fingerprint density at radius 3 is 2.42 bits per heavy atom. The van der Waals surface area contributed by atoms with Crippen LogP contribution in [0.3, 0.4) is 0 Å². The van der Waals surface area contributed by atoms with Crippen LogP contribution in [0.5, 0.6) is 0 Å². The Kier molecular flexibility index (Phi) is 4.24. The van der Waals surface area contributed by atoms with Crippen LogP contribution in [0.15, 0.2) is 57.7 Å². The van der Waals surface area contributed by atoms with Crippen LogP contribution in [0.4, 0.5) is 10.5 Å². The number of fused-ring (bicyclic) bond motifs is 1. The van der Waals surface area contributed by atoms with E-state index in [1.165, 1.54) is 4.90 Å². The van der Waals surface area contributed by atoms with E-state index in [9.17, 15) is 9.59 Å². The molecular weight excluding hydrogens is 310 g/mol. The molecule has 3 aromatic rings. The molecule has 0 unspecified atom stereocenters. The number of nitrogens with zero attached hydrogens (tertiary/aromatic N) is 1. The van der Waals surface area contributed by atoms with Gasteiger partial charge in [-0.15, -0.1) is 0 Å². The second-order valence-corrected chi connectivity index (χ2v) is 5.45. The molecule has 1 heterocycles. The van der Waals surface area contributed by atoms with Crippen molar-refractivity contribution in [3.63, 3.8) is 0 Å². The number of anilines is 1. The van der Waals surface area contributed by atoms with E-state index in [4.69, 9.17) is 14.9 Å². The molecule has 1 aromatic heterocycles. The van der Waals surface area contributed by atoms with Crippen molar-refractivity contribution in [3.8, 4) is 0 Å². The standard InChI is InChI=1S/C17H17N3O4/c1-20(12-7-8-14-15(10-12)24-23-14)16(21)13(19-17(18)22)9-11-5-3-2-4-6-11/h2-8,10,13H,9H2,1H3,(H3,18,19,22)/t13-/m0/s1. The van der Waals surface area contributed by atoms with Gasteiger partial charge in [0.25, 0.3) is 0 Å². The summed E-state index contributed by atoms with van der Waals surface area (Å²) in [6.45, 7) is 0. The van der Waals surface area contributed by atoms with E-state index >= 15 is 0 Å². The monoisotopic (exact) mass is 327 g/mol. The van der Waals surface area contributed by atoms with Gasteiger partial charge in [-0.3, -0.25) is 13.9 Å². The van der Waals surface area contributed by atoms with E-state index in [0.29, 0.717) is 23.3 Å². The lowest BCUT2D eigenvalue weighted by molar-refractivity contribution is -0.120. The number of nitrogens with two attached hydrogens (primary N) is 1. The molecule has 0 saturated heterocycles. The summed E-state index contributed by atoms with van der Waals surface area (Å²) < 4.78 is 9.61. The Hall–Kier alpha value is -3.22. The minimum Gasteiger partial charge on any atom is -0.352 e. The summed E-state index contributed by atoms with van der Waals surface area (Å²) in [6, 6.07) is 13.1. The van der Waals surface area contributed by atoms with Gasteiger partial charge in [0, 0.05) is 25.2 Å². The zero-order valence-corrected chi connectivity index (χ0v) is 13.1. The van der Waals surface area contributed by atoms with Crippen molar-refractivity contribution in [2.75, 3.05) is 11.9 Å². The maximum Gasteiger partial charge on any atom is 0.312 e. The largest absolute Gasteiger partial charge is 0.352 e. The Morgan fingerprint density at radius 1 is 1.12 bits per heavy atom. The van der Waals surface area contributed by atoms with Crippen LogP contribution in [0, 0.1) is 0 Å². The Labute approximate surface area is 137 Å². The van der Waals surface area contributed by atoms with Gasteiger partial charge in [0.05, 0.1) is 0 Å². The van der Waals surface area contributed by atoms with Gasteiger partial charge in [0.2, 0.25) is 17.1 Å². The number of hydrogen-bond donors (Lipinski definition) is 2. The number of rotatable bonds is 5. The highest BCUT2D eigenvalue weighted by molar-refractivity contribution is 5.99. The molecule has 24 heavy (non-hydrogen) atoms. The van der Waals surface area contributed by atoms with Gasteiger partial charge in [-0.05, 0) is 17.7 Å². The highest BCUT2D eigenvalue weighted by Crippen LogP contribution is 2.24. The SMILES string of the molecule is CN(C(=O)[C@H](Cc1ccccc1)NC(N)=O)c1ccc2ooc2c1. The van der Waals surface area contributed by atoms with Crippen LogP contribution < -0.4 is 16.0 Å². The predicted molar refractivity (Wildman–Crippen MR) is 88.5 cm³/mol. The first-order valence-corrected chi connectivity index (χ1v) is 7.40. The second-order valence-electron chi connectivity index (χ2n) is 5.45. The van der Waals surface area contributed by atoms with Crippen LogP contribution in [0.2, 0.25) is 0 Å². The first kappa shape index (κ1) is 15.7. The van der Waals surface area contributed by atoms with Crippen molar-refractivity contribution < 1.29 is 18.7 Å². The second kappa shape index (κ2) is 6.49. The summed E-state index contributed by atoms with van der Waals surface area (Å²) in [5.74, 6) is -0.280. The number of carbonyl (C=O) groups is 2. The fourth-order valence-electron chi connectivity index (χ4n) is 2.48. The third-order valence-corrected chi connectivity index (χ3v) is 3.76. The summed E-state index contributed by atoms with van der Waals surface area (Å²) in [4.78, 5) is 25.5. The Bertz CT molecular complexity index is 853. The van der Waals surface area contributed by atoms with E-state index in [0.717, 1.165) is 5.56 Å². The summed E-state index contributed by atoms with van der Waals surface area (Å²) in [6.07, 6.45) is 0.345. The molecule has 0 saturated carbocycles. The van der Waals surface area contributed by atoms with Crippen LogP contribution in [0.25, 0.3) is 11.2 Å². The highest BCUT2D eigenvalue weighted by atomic mass is 17.0. The van der Waals surface area contributed by atoms with E-state index in [2.05, 4.69) is 5.32 Å². The summed E-state index contributed by atoms with van der Waals surface area (Å²) in [5.41, 5.74) is 7.96. The quantitative estimate of drug-likeness (QED) is 0.702. The number of urea groups is 1. The first-order valence-electron chi connectivity index (χ1n) is 7.40. The number of carbonyl (C=O) groups excluding carboxylic acids is 2. The third-order valence-electron chi connectivity index (χ3n) is 3.76. The molecule has 0 spiro atoms. The smallest absolute Gasteiger partial charge is 0.312 e. The molecule has 0 aliphatic rings. The number of amides is 3. The summed E-state index contributed by atoms with van der Waals surface area (Å²) in [7, 11) is 1.63. The van der Waals surface area contributed by atoms with Crippen molar-refractivity contribution >= 4 is 28.8 Å². The van der Waals surface area contributed by atoms with E-state index in [1.807, 2.05) is 30.3 Å². The molecule has 0 radical (unpaired) electrons. The zero-order valence-electron chi connectivity index (χ0n) is 13.1. The molecule has 0 bridgehead atoms. The number of hydrogen-bond acceptors (Lipinski definition) is 4. The maximum atomic E-state index is 12.8. The minimum absolute atomic E-state index is 0.280. The van der Waals surface area contributed by atoms with Crippen LogP contribution in [-0.2, 0) is 11.2 Å². The highest BCUT2D eigenvalue weighted by Gasteiger charge is 2.25. The zero-order chi connectivity index (χ0) is 17.1. The van der Waals surface area contributed by atoms with Crippen LogP contribution >= 0.6 is 0 Å². The van der Waals surface area contributed by atoms with Crippen molar-refractivity contribution in [3.05, 3.63) is 54.1 Å². The molecule has 7 nitrogen and oxygen atoms in total. The van der Waals surface area contributed by atoms with Gasteiger partial charge in [0.15, 0.2) is 0 Å². The maximum absolute atomic E-state index is 12.8. The van der Waals surface area contributed by atoms with Crippen molar-refractivity contribution in [1.82, 2.24) is 5.32 Å². The number of benzene rings is 2. The van der Waals surface area contributed by atoms with Crippen molar-refractivity contribution in [1.29, 1.82) is 0 Å². The lowest BCUT2D eigenvalue weighted by atomic mass is 10.0. The Balaban J connectivity index is 1.80. The Morgan fingerprint density at radius 2 is 1.83 bits per heavy atom. The molecule has 7 heteroatoms. The van der Waals surface area contributed by atoms with E-state index < -0.39 is 12.1 Å². The number of likely N-dealkylation sites (N-methyl/N-ethyl adjacent to an activating group) is 1. The van der Waals surface area contributed by atoms with Gasteiger partial charge in [-0.1, -0.05) is 30.3 Å². The average molecular weight is 327 g/mol.